The molecule has 0 radical (unpaired) electrons. The number of amides is 1. The van der Waals surface area contributed by atoms with Crippen molar-refractivity contribution in [1.82, 2.24) is 5.32 Å². The van der Waals surface area contributed by atoms with Crippen molar-refractivity contribution in [3.8, 4) is 0 Å². The van der Waals surface area contributed by atoms with E-state index in [1.54, 1.807) is 27.7 Å². The molecule has 48 heavy (non-hydrogen) atoms. The van der Waals surface area contributed by atoms with Crippen LogP contribution < -0.4 is 11.1 Å². The number of fused-ring (bicyclic) bond motifs is 2. The molecule has 2 aliphatic heterocycles. The van der Waals surface area contributed by atoms with Gasteiger partial charge in [0, 0.05) is 24.5 Å². The van der Waals surface area contributed by atoms with Gasteiger partial charge in [-0.3, -0.25) is 19.2 Å². The zero-order chi connectivity index (χ0) is 35.6. The smallest absolute Gasteiger partial charge is 0.343 e. The molecule has 1 amide bonds. The Morgan fingerprint density at radius 2 is 1.85 bits per heavy atom. The van der Waals surface area contributed by atoms with Gasteiger partial charge in [-0.2, -0.15) is 0 Å². The number of nitrogens with one attached hydrogen (secondary N) is 1. The van der Waals surface area contributed by atoms with Gasteiger partial charge in [-0.05, 0) is 44.1 Å². The van der Waals surface area contributed by atoms with E-state index < -0.39 is 101 Å². The first kappa shape index (κ1) is 35.6. The van der Waals surface area contributed by atoms with Crippen molar-refractivity contribution in [3.63, 3.8) is 0 Å². The molecule has 3 aliphatic carbocycles. The number of allylic oxidation sites excluding steroid dienone is 3. The van der Waals surface area contributed by atoms with E-state index in [1.165, 1.54) is 0 Å². The number of hydrogen-bond donors (Lipinski definition) is 5. The fourth-order valence-corrected chi connectivity index (χ4v) is 9.22. The molecule has 5 rings (SSSR count). The Labute approximate surface area is 275 Å². The van der Waals surface area contributed by atoms with E-state index in [2.05, 4.69) is 5.32 Å². The third-order valence-electron chi connectivity index (χ3n) is 11.3. The van der Waals surface area contributed by atoms with Gasteiger partial charge >= 0.3 is 17.9 Å². The van der Waals surface area contributed by atoms with Gasteiger partial charge in [-0.1, -0.05) is 12.5 Å². The van der Waals surface area contributed by atoms with E-state index in [0.29, 0.717) is 17.4 Å². The fourth-order valence-electron chi connectivity index (χ4n) is 9.22. The number of hydrogen-bond acceptors (Lipinski definition) is 14. The largest absolute Gasteiger partial charge is 0.481 e. The summed E-state index contributed by atoms with van der Waals surface area (Å²) in [5, 5.41) is 35.0. The monoisotopic (exact) mass is 678 g/mol. The molecular weight excluding hydrogens is 636 g/mol. The number of carbonyl (C=O) groups excluding carboxylic acids is 5. The molecule has 2 saturated carbocycles. The number of nitrogens with two attached hydrogens (primary N) is 1. The zero-order valence-corrected chi connectivity index (χ0v) is 27.4. The lowest BCUT2D eigenvalue weighted by molar-refractivity contribution is -0.299. The summed E-state index contributed by atoms with van der Waals surface area (Å²) in [6.45, 7) is 5.23. The summed E-state index contributed by atoms with van der Waals surface area (Å²) in [7, 11) is 1.04. The van der Waals surface area contributed by atoms with Crippen LogP contribution in [-0.4, -0.2) is 120 Å². The minimum Gasteiger partial charge on any atom is -0.481 e. The number of carboxylic acid groups (broad SMARTS) is 1. The van der Waals surface area contributed by atoms with Gasteiger partial charge < -0.3 is 50.1 Å². The first-order valence-electron chi connectivity index (χ1n) is 15.7. The van der Waals surface area contributed by atoms with E-state index >= 15 is 0 Å². The van der Waals surface area contributed by atoms with Crippen LogP contribution in [0.3, 0.4) is 0 Å². The lowest BCUT2D eigenvalue weighted by atomic mass is 9.36. The predicted molar refractivity (Wildman–Crippen MR) is 159 cm³/mol. The minimum absolute atomic E-state index is 0.0399. The van der Waals surface area contributed by atoms with Crippen LogP contribution in [0, 0.1) is 22.7 Å². The van der Waals surface area contributed by atoms with Crippen molar-refractivity contribution in [2.75, 3.05) is 33.5 Å². The number of Topliss-reactive ketones (excluding diaryl/α,β-unsaturated/α-hetero) is 1. The molecule has 2 bridgehead atoms. The molecule has 0 aromatic rings. The Bertz CT molecular complexity index is 1500. The number of rotatable bonds is 11. The lowest BCUT2D eigenvalue weighted by Crippen LogP contribution is -2.90. The maximum Gasteiger partial charge on any atom is 0.343 e. The number of carbonyl (C=O) groups is 6. The number of esters is 2. The molecule has 1 unspecified atom stereocenters. The van der Waals surface area contributed by atoms with Crippen molar-refractivity contribution in [3.05, 3.63) is 22.5 Å². The van der Waals surface area contributed by atoms with Crippen molar-refractivity contribution in [1.29, 1.82) is 0 Å². The summed E-state index contributed by atoms with van der Waals surface area (Å²) in [6, 6.07) is 0. The number of aliphatic carboxylic acids is 1. The van der Waals surface area contributed by atoms with E-state index in [4.69, 9.17) is 34.5 Å². The second-order valence-electron chi connectivity index (χ2n) is 13.8. The van der Waals surface area contributed by atoms with Crippen LogP contribution in [0.25, 0.3) is 0 Å². The van der Waals surface area contributed by atoms with Gasteiger partial charge in [0.1, 0.15) is 24.0 Å². The van der Waals surface area contributed by atoms with Crippen molar-refractivity contribution in [2.24, 2.45) is 28.4 Å². The van der Waals surface area contributed by atoms with Gasteiger partial charge in [-0.15, -0.1) is 0 Å². The highest BCUT2D eigenvalue weighted by molar-refractivity contribution is 5.96. The van der Waals surface area contributed by atoms with Gasteiger partial charge in [0.2, 0.25) is 5.60 Å². The molecule has 16 nitrogen and oxygen atoms in total. The number of ether oxygens (including phenoxy) is 5. The first-order valence-corrected chi connectivity index (χ1v) is 15.7. The van der Waals surface area contributed by atoms with Gasteiger partial charge in [0.15, 0.2) is 24.3 Å². The van der Waals surface area contributed by atoms with Gasteiger partial charge in [-0.25, -0.2) is 9.59 Å². The molecule has 2 heterocycles. The molecule has 2 saturated heterocycles. The Morgan fingerprint density at radius 1 is 1.17 bits per heavy atom. The van der Waals surface area contributed by atoms with Crippen LogP contribution in [-0.2, 0) is 52.5 Å². The molecule has 6 N–H and O–H groups in total. The Balaban J connectivity index is 1.59. The maximum absolute atomic E-state index is 13.9. The number of aliphatic hydroxyl groups excluding tert-OH is 2. The highest BCUT2D eigenvalue weighted by Gasteiger charge is 2.90. The summed E-state index contributed by atoms with van der Waals surface area (Å²) in [6.07, 6.45) is -6.63. The number of ketones is 1. The van der Waals surface area contributed by atoms with Crippen molar-refractivity contribution >= 4 is 35.9 Å². The SMILES string of the molecule is COC(=O)[C@@]12OC[C@]34C([C@@H](O)[C@@H]1O)[C@@]1(C)CC(=O)C(OCC(=O)NCCC(=O)O)=C(C)[C@@H]1C[C@H]3OC(=O)[C@H](OCC(C=O)=C(C)C)[C@@]24N. The van der Waals surface area contributed by atoms with Crippen LogP contribution in [0.15, 0.2) is 22.5 Å². The lowest BCUT2D eigenvalue weighted by Gasteiger charge is -2.70. The third kappa shape index (κ3) is 4.67. The Hall–Kier alpha value is -3.70. The maximum atomic E-state index is 13.9. The summed E-state index contributed by atoms with van der Waals surface area (Å²) in [4.78, 5) is 76.1. The van der Waals surface area contributed by atoms with E-state index in [-0.39, 0.29) is 43.7 Å². The second-order valence-corrected chi connectivity index (χ2v) is 13.8. The molecule has 0 aromatic carbocycles. The predicted octanol–water partition coefficient (Wildman–Crippen LogP) is -1.31. The van der Waals surface area contributed by atoms with E-state index in [9.17, 15) is 39.0 Å². The number of carboxylic acids is 1. The normalized spacial score (nSPS) is 39.4. The molecule has 4 fully saturated rings. The minimum atomic E-state index is -2.50. The standard InChI is InChI=1S/C32H42N2O14/c1-14(2)16(10-35)11-46-26-27(42)48-19-8-17-15(3)23(45-12-20(37)34-7-6-21(38)39)18(36)9-29(17,4)24-22(40)25(41)31(28(43)44-5)32(26,33)30(19,24)13-47-31/h10,17,19,22,24-26,40-41H,6-9,11-13,33H2,1-5H3,(H,34,37)(H,38,39)/t17-,19+,22+,24?,25-,26-,29-,30+,31-,32-/m0/s1. The second kappa shape index (κ2) is 12.3. The average Bonchev–Trinajstić information content (AvgIpc) is 3.22. The van der Waals surface area contributed by atoms with Crippen molar-refractivity contribution in [2.45, 2.75) is 82.5 Å². The summed E-state index contributed by atoms with van der Waals surface area (Å²) < 4.78 is 28.9. The van der Waals surface area contributed by atoms with Crippen LogP contribution in [0.5, 0.6) is 0 Å². The van der Waals surface area contributed by atoms with Crippen LogP contribution in [0.2, 0.25) is 0 Å². The molecule has 1 spiro atoms. The van der Waals surface area contributed by atoms with E-state index in [0.717, 1.165) is 7.11 Å². The summed E-state index contributed by atoms with van der Waals surface area (Å²) in [5.41, 5.74) is 0.998. The first-order chi connectivity index (χ1) is 22.5. The van der Waals surface area contributed by atoms with Crippen LogP contribution in [0.1, 0.15) is 47.0 Å². The Kier molecular flexibility index (Phi) is 9.14. The molecule has 5 aliphatic rings. The van der Waals surface area contributed by atoms with Crippen LogP contribution in [0.4, 0.5) is 0 Å². The number of aliphatic hydroxyl groups is 2. The molecule has 10 atom stereocenters. The Morgan fingerprint density at radius 3 is 2.46 bits per heavy atom. The fraction of sp³-hybridized carbons (Fsp3) is 0.688. The molecule has 0 aromatic heterocycles. The number of aldehydes is 1. The topological polar surface area (TPSA) is 247 Å². The van der Waals surface area contributed by atoms with Crippen LogP contribution >= 0.6 is 0 Å². The molecule has 264 valence electrons. The summed E-state index contributed by atoms with van der Waals surface area (Å²) >= 11 is 0. The average molecular weight is 679 g/mol. The van der Waals surface area contributed by atoms with E-state index in [1.807, 2.05) is 0 Å². The van der Waals surface area contributed by atoms with Gasteiger partial charge in [0.05, 0.1) is 38.3 Å². The molecule has 16 heteroatoms. The highest BCUT2D eigenvalue weighted by Crippen LogP contribution is 2.73. The zero-order valence-electron chi connectivity index (χ0n) is 27.4. The quantitative estimate of drug-likeness (QED) is 0.0967. The summed E-state index contributed by atoms with van der Waals surface area (Å²) in [5.74, 6) is -6.20. The highest BCUT2D eigenvalue weighted by atomic mass is 16.6. The van der Waals surface area contributed by atoms with Crippen molar-refractivity contribution < 1.29 is 67.8 Å². The third-order valence-corrected chi connectivity index (χ3v) is 11.3. The molecular formula is C32H42N2O14. The van der Waals surface area contributed by atoms with Gasteiger partial charge in [0.25, 0.3) is 5.91 Å². The number of methoxy groups -OCH3 is 1.